The number of ether oxygens (including phenoxy) is 4. The quantitative estimate of drug-likeness (QED) is 0.246. The molecule has 1 fully saturated rings. The summed E-state index contributed by atoms with van der Waals surface area (Å²) in [4.78, 5) is 15.2. The molecule has 0 aromatic heterocycles. The summed E-state index contributed by atoms with van der Waals surface area (Å²) in [5.74, 6) is 2.60. The molecule has 4 aromatic carbocycles. The van der Waals surface area contributed by atoms with Crippen molar-refractivity contribution in [2.24, 2.45) is 0 Å². The number of para-hydroxylation sites is 1. The van der Waals surface area contributed by atoms with E-state index in [1.165, 1.54) is 0 Å². The first-order chi connectivity index (χ1) is 18.4. The summed E-state index contributed by atoms with van der Waals surface area (Å²) in [7, 11) is 1.61. The number of amides is 1. The van der Waals surface area contributed by atoms with Crippen molar-refractivity contribution < 1.29 is 23.7 Å². The standard InChI is InChI=1S/C32H31NO5/c1-32(2)31(34)33(21-23-17-19-26(20-18-23)37-25-13-8-5-9-14-25)30(38-32)29-27(35-3)15-10-16-28(29)36-22-24-11-6-4-7-12-24/h4-20,30H,21-22H2,1-3H3. The van der Waals surface area contributed by atoms with E-state index in [1.807, 2.05) is 103 Å². The van der Waals surface area contributed by atoms with E-state index in [9.17, 15) is 4.79 Å². The summed E-state index contributed by atoms with van der Waals surface area (Å²) in [6, 6.07) is 32.9. The van der Waals surface area contributed by atoms with Gasteiger partial charge in [0.25, 0.3) is 5.91 Å². The van der Waals surface area contributed by atoms with Crippen LogP contribution in [0.2, 0.25) is 0 Å². The van der Waals surface area contributed by atoms with Crippen LogP contribution in [0, 0.1) is 0 Å². The maximum absolute atomic E-state index is 13.5. The van der Waals surface area contributed by atoms with Gasteiger partial charge in [-0.2, -0.15) is 0 Å². The second-order valence-electron chi connectivity index (χ2n) is 9.62. The van der Waals surface area contributed by atoms with Crippen LogP contribution in [0.1, 0.15) is 36.8 Å². The van der Waals surface area contributed by atoms with Gasteiger partial charge in [-0.05, 0) is 61.4 Å². The zero-order valence-corrected chi connectivity index (χ0v) is 21.8. The zero-order valence-electron chi connectivity index (χ0n) is 21.8. The minimum absolute atomic E-state index is 0.105. The third-order valence-corrected chi connectivity index (χ3v) is 6.45. The molecule has 1 unspecified atom stereocenters. The number of carbonyl (C=O) groups is 1. The van der Waals surface area contributed by atoms with Crippen molar-refractivity contribution in [3.05, 3.63) is 120 Å². The molecule has 4 aromatic rings. The van der Waals surface area contributed by atoms with Gasteiger partial charge in [0.1, 0.15) is 35.2 Å². The highest BCUT2D eigenvalue weighted by molar-refractivity contribution is 5.86. The van der Waals surface area contributed by atoms with E-state index in [4.69, 9.17) is 18.9 Å². The third kappa shape index (κ3) is 5.50. The van der Waals surface area contributed by atoms with Crippen LogP contribution >= 0.6 is 0 Å². The number of hydrogen-bond donors (Lipinski definition) is 0. The summed E-state index contributed by atoms with van der Waals surface area (Å²) in [6.07, 6.45) is -0.681. The Bertz CT molecular complexity index is 1370. The van der Waals surface area contributed by atoms with E-state index in [0.717, 1.165) is 22.6 Å². The van der Waals surface area contributed by atoms with Crippen LogP contribution in [-0.4, -0.2) is 23.5 Å². The Morgan fingerprint density at radius 1 is 0.763 bits per heavy atom. The van der Waals surface area contributed by atoms with Gasteiger partial charge < -0.3 is 23.8 Å². The molecule has 1 saturated heterocycles. The van der Waals surface area contributed by atoms with Crippen molar-refractivity contribution in [3.8, 4) is 23.0 Å². The highest BCUT2D eigenvalue weighted by Gasteiger charge is 2.48. The predicted molar refractivity (Wildman–Crippen MR) is 145 cm³/mol. The lowest BCUT2D eigenvalue weighted by atomic mass is 10.1. The van der Waals surface area contributed by atoms with Gasteiger partial charge in [0.15, 0.2) is 6.23 Å². The maximum Gasteiger partial charge on any atom is 0.256 e. The molecule has 1 aliphatic heterocycles. The highest BCUT2D eigenvalue weighted by Crippen LogP contribution is 2.45. The lowest BCUT2D eigenvalue weighted by Crippen LogP contribution is -2.35. The molecule has 5 rings (SSSR count). The molecule has 0 saturated carbocycles. The van der Waals surface area contributed by atoms with Gasteiger partial charge >= 0.3 is 0 Å². The van der Waals surface area contributed by atoms with Crippen LogP contribution in [-0.2, 0) is 22.7 Å². The number of carbonyl (C=O) groups excluding carboxylic acids is 1. The first-order valence-electron chi connectivity index (χ1n) is 12.6. The second kappa shape index (κ2) is 11.0. The van der Waals surface area contributed by atoms with Crippen molar-refractivity contribution in [2.75, 3.05) is 7.11 Å². The smallest absolute Gasteiger partial charge is 0.256 e. The van der Waals surface area contributed by atoms with Crippen LogP contribution in [0.4, 0.5) is 0 Å². The summed E-state index contributed by atoms with van der Waals surface area (Å²) in [5, 5.41) is 0. The fraction of sp³-hybridized carbons (Fsp3) is 0.219. The number of hydrogen-bond acceptors (Lipinski definition) is 5. The first kappa shape index (κ1) is 25.4. The minimum Gasteiger partial charge on any atom is -0.496 e. The van der Waals surface area contributed by atoms with Crippen molar-refractivity contribution in [3.63, 3.8) is 0 Å². The molecule has 0 spiro atoms. The zero-order chi connectivity index (χ0) is 26.5. The van der Waals surface area contributed by atoms with Gasteiger partial charge in [-0.1, -0.05) is 66.7 Å². The van der Waals surface area contributed by atoms with Crippen LogP contribution < -0.4 is 14.2 Å². The van der Waals surface area contributed by atoms with E-state index in [0.29, 0.717) is 30.2 Å². The van der Waals surface area contributed by atoms with Gasteiger partial charge in [0.2, 0.25) is 0 Å². The average Bonchev–Trinajstić information content (AvgIpc) is 3.17. The molecular formula is C32H31NO5. The normalized spacial score (nSPS) is 16.3. The highest BCUT2D eigenvalue weighted by atomic mass is 16.6. The molecule has 1 amide bonds. The molecule has 0 aliphatic carbocycles. The van der Waals surface area contributed by atoms with Crippen LogP contribution in [0.15, 0.2) is 103 Å². The number of nitrogens with zero attached hydrogens (tertiary/aromatic N) is 1. The first-order valence-corrected chi connectivity index (χ1v) is 12.6. The van der Waals surface area contributed by atoms with Crippen molar-refractivity contribution in [2.45, 2.75) is 38.8 Å². The Hall–Kier alpha value is -4.29. The summed E-state index contributed by atoms with van der Waals surface area (Å²) in [5.41, 5.74) is 1.68. The van der Waals surface area contributed by atoms with Crippen LogP contribution in [0.25, 0.3) is 0 Å². The van der Waals surface area contributed by atoms with E-state index < -0.39 is 11.8 Å². The predicted octanol–water partition coefficient (Wildman–Crippen LogP) is 6.90. The molecule has 6 heteroatoms. The van der Waals surface area contributed by atoms with Gasteiger partial charge in [0, 0.05) is 6.54 Å². The third-order valence-electron chi connectivity index (χ3n) is 6.45. The van der Waals surface area contributed by atoms with Gasteiger partial charge in [-0.15, -0.1) is 0 Å². The molecule has 1 heterocycles. The summed E-state index contributed by atoms with van der Waals surface area (Å²) >= 11 is 0. The Labute approximate surface area is 223 Å². The van der Waals surface area contributed by atoms with Crippen LogP contribution in [0.5, 0.6) is 23.0 Å². The molecule has 1 aliphatic rings. The van der Waals surface area contributed by atoms with Crippen molar-refractivity contribution in [1.82, 2.24) is 4.90 Å². The molecule has 38 heavy (non-hydrogen) atoms. The lowest BCUT2D eigenvalue weighted by Gasteiger charge is -2.26. The number of methoxy groups -OCH3 is 1. The maximum atomic E-state index is 13.5. The summed E-state index contributed by atoms with van der Waals surface area (Å²) < 4.78 is 24.2. The molecule has 0 bridgehead atoms. The van der Waals surface area contributed by atoms with Gasteiger partial charge in [-0.25, -0.2) is 0 Å². The fourth-order valence-electron chi connectivity index (χ4n) is 4.51. The molecular weight excluding hydrogens is 478 g/mol. The van der Waals surface area contributed by atoms with Crippen molar-refractivity contribution >= 4 is 5.91 Å². The minimum atomic E-state index is -1.00. The van der Waals surface area contributed by atoms with E-state index in [2.05, 4.69) is 0 Å². The number of rotatable bonds is 9. The Morgan fingerprint density at radius 2 is 1.39 bits per heavy atom. The largest absolute Gasteiger partial charge is 0.496 e. The van der Waals surface area contributed by atoms with E-state index in [-0.39, 0.29) is 5.91 Å². The average molecular weight is 510 g/mol. The van der Waals surface area contributed by atoms with Gasteiger partial charge in [-0.3, -0.25) is 4.79 Å². The molecule has 0 radical (unpaired) electrons. The Balaban J connectivity index is 1.41. The molecule has 0 N–H and O–H groups in total. The molecule has 194 valence electrons. The fourth-order valence-corrected chi connectivity index (χ4v) is 4.51. The second-order valence-corrected chi connectivity index (χ2v) is 9.62. The SMILES string of the molecule is COc1cccc(OCc2ccccc2)c1C1OC(C)(C)C(=O)N1Cc1ccc(Oc2ccccc2)cc1. The van der Waals surface area contributed by atoms with Crippen LogP contribution in [0.3, 0.4) is 0 Å². The lowest BCUT2D eigenvalue weighted by molar-refractivity contribution is -0.134. The monoisotopic (exact) mass is 509 g/mol. The van der Waals surface area contributed by atoms with E-state index >= 15 is 0 Å². The van der Waals surface area contributed by atoms with Crippen molar-refractivity contribution in [1.29, 1.82) is 0 Å². The molecule has 6 nitrogen and oxygen atoms in total. The number of benzene rings is 4. The topological polar surface area (TPSA) is 57.2 Å². The molecule has 1 atom stereocenters. The Morgan fingerprint density at radius 3 is 2.08 bits per heavy atom. The summed E-state index contributed by atoms with van der Waals surface area (Å²) in [6.45, 7) is 4.32. The van der Waals surface area contributed by atoms with Gasteiger partial charge in [0.05, 0.1) is 12.7 Å². The Kier molecular flexibility index (Phi) is 7.33. The van der Waals surface area contributed by atoms with E-state index in [1.54, 1.807) is 25.9 Å².